The summed E-state index contributed by atoms with van der Waals surface area (Å²) in [5.41, 5.74) is 0. The first-order valence-corrected chi connectivity index (χ1v) is 8.88. The Morgan fingerprint density at radius 2 is 1.88 bits per heavy atom. The van der Waals surface area contributed by atoms with E-state index in [4.69, 9.17) is 5.26 Å². The van der Waals surface area contributed by atoms with Crippen molar-refractivity contribution in [2.45, 2.75) is 37.8 Å². The predicted octanol–water partition coefficient (Wildman–Crippen LogP) is 0.904. The molecule has 25 heavy (non-hydrogen) atoms. The Morgan fingerprint density at radius 3 is 2.44 bits per heavy atom. The zero-order chi connectivity index (χ0) is 17.3. The molecule has 8 heteroatoms. The maximum Gasteiger partial charge on any atom is 0.319 e. The number of urea groups is 1. The Kier molecular flexibility index (Phi) is 6.53. The van der Waals surface area contributed by atoms with Crippen LogP contribution in [0.25, 0.3) is 0 Å². The van der Waals surface area contributed by atoms with Gasteiger partial charge in [-0.05, 0) is 37.5 Å². The minimum Gasteiger partial charge on any atom is -0.331 e. The van der Waals surface area contributed by atoms with Crippen molar-refractivity contribution in [2.75, 3.05) is 40.3 Å². The second-order valence-corrected chi connectivity index (χ2v) is 7.53. The third kappa shape index (κ3) is 4.18. The minimum absolute atomic E-state index is 0. The van der Waals surface area contributed by atoms with Crippen molar-refractivity contribution in [3.8, 4) is 6.07 Å². The van der Waals surface area contributed by atoms with Gasteiger partial charge in [0.05, 0.1) is 12.6 Å². The summed E-state index contributed by atoms with van der Waals surface area (Å²) in [7, 11) is 3.58. The first kappa shape index (κ1) is 19.8. The standard InChI is InChI=1S/C17H27N5O2.ClH/c1-20(2)17(24)21-10-12-6-14(7-13(12)11-21)19-9-16(23)22-5-3-4-15(22)8-18;/h12-15,19H,3-7,9-11H2,1-2H3;1H. The highest BCUT2D eigenvalue weighted by atomic mass is 35.5. The van der Waals surface area contributed by atoms with Gasteiger partial charge in [0, 0.05) is 39.8 Å². The van der Waals surface area contributed by atoms with Crippen molar-refractivity contribution in [2.24, 2.45) is 11.8 Å². The van der Waals surface area contributed by atoms with Gasteiger partial charge in [-0.3, -0.25) is 4.79 Å². The smallest absolute Gasteiger partial charge is 0.319 e. The van der Waals surface area contributed by atoms with E-state index < -0.39 is 0 Å². The number of likely N-dealkylation sites (tertiary alicyclic amines) is 2. The SMILES string of the molecule is CN(C)C(=O)N1CC2CC(NCC(=O)N3CCCC3C#N)CC2C1.Cl. The van der Waals surface area contributed by atoms with E-state index in [0.29, 0.717) is 31.0 Å². The Hall–Kier alpha value is -1.52. The largest absolute Gasteiger partial charge is 0.331 e. The number of amides is 3. The number of hydrogen-bond donors (Lipinski definition) is 1. The van der Waals surface area contributed by atoms with E-state index in [-0.39, 0.29) is 30.4 Å². The first-order chi connectivity index (χ1) is 11.5. The van der Waals surface area contributed by atoms with Crippen LogP contribution >= 0.6 is 12.4 Å². The van der Waals surface area contributed by atoms with Gasteiger partial charge < -0.3 is 20.0 Å². The summed E-state index contributed by atoms with van der Waals surface area (Å²) in [6.07, 6.45) is 3.77. The number of carbonyl (C=O) groups excluding carboxylic acids is 2. The fraction of sp³-hybridized carbons (Fsp3) is 0.824. The van der Waals surface area contributed by atoms with Gasteiger partial charge in [0.1, 0.15) is 6.04 Å². The van der Waals surface area contributed by atoms with E-state index in [9.17, 15) is 9.59 Å². The molecule has 2 aliphatic heterocycles. The van der Waals surface area contributed by atoms with Crippen molar-refractivity contribution in [1.82, 2.24) is 20.0 Å². The molecular weight excluding hydrogens is 342 g/mol. The molecule has 2 saturated heterocycles. The fourth-order valence-electron chi connectivity index (χ4n) is 4.44. The third-order valence-electron chi connectivity index (χ3n) is 5.67. The molecule has 3 atom stereocenters. The Morgan fingerprint density at radius 1 is 1.24 bits per heavy atom. The Balaban J connectivity index is 0.00000225. The Bertz CT molecular complexity index is 536. The molecule has 0 spiro atoms. The molecular formula is C17H28ClN5O2. The number of carbonyl (C=O) groups is 2. The van der Waals surface area contributed by atoms with Crippen LogP contribution in [0.15, 0.2) is 0 Å². The van der Waals surface area contributed by atoms with Crippen molar-refractivity contribution in [3.63, 3.8) is 0 Å². The number of rotatable bonds is 3. The maximum atomic E-state index is 12.3. The third-order valence-corrected chi connectivity index (χ3v) is 5.67. The highest BCUT2D eigenvalue weighted by Crippen LogP contribution is 2.38. The highest BCUT2D eigenvalue weighted by molar-refractivity contribution is 5.85. The number of nitrogens with one attached hydrogen (secondary N) is 1. The molecule has 0 aromatic carbocycles. The molecule has 7 nitrogen and oxygen atoms in total. The number of fused-ring (bicyclic) bond motifs is 1. The molecule has 0 aromatic rings. The monoisotopic (exact) mass is 369 g/mol. The molecule has 3 rings (SSSR count). The number of nitriles is 1. The van der Waals surface area contributed by atoms with E-state index in [2.05, 4.69) is 11.4 Å². The average Bonchev–Trinajstić information content (AvgIpc) is 3.25. The molecule has 3 unspecified atom stereocenters. The lowest BCUT2D eigenvalue weighted by Gasteiger charge is -2.24. The summed E-state index contributed by atoms with van der Waals surface area (Å²) >= 11 is 0. The van der Waals surface area contributed by atoms with Gasteiger partial charge in [0.25, 0.3) is 0 Å². The zero-order valence-corrected chi connectivity index (χ0v) is 15.8. The molecule has 2 heterocycles. The topological polar surface area (TPSA) is 79.7 Å². The second kappa shape index (κ2) is 8.24. The van der Waals surface area contributed by atoms with Crippen LogP contribution in [0.1, 0.15) is 25.7 Å². The van der Waals surface area contributed by atoms with Gasteiger partial charge >= 0.3 is 6.03 Å². The second-order valence-electron chi connectivity index (χ2n) is 7.53. The number of halogens is 1. The van der Waals surface area contributed by atoms with E-state index in [1.807, 2.05) is 4.90 Å². The molecule has 0 radical (unpaired) electrons. The fourth-order valence-corrected chi connectivity index (χ4v) is 4.44. The molecule has 1 N–H and O–H groups in total. The van der Waals surface area contributed by atoms with Crippen molar-refractivity contribution < 1.29 is 9.59 Å². The van der Waals surface area contributed by atoms with Crippen LogP contribution in [0.2, 0.25) is 0 Å². The average molecular weight is 370 g/mol. The summed E-state index contributed by atoms with van der Waals surface area (Å²) in [5, 5.41) is 12.5. The lowest BCUT2D eigenvalue weighted by atomic mass is 10.0. The van der Waals surface area contributed by atoms with Crippen LogP contribution in [0, 0.1) is 23.2 Å². The van der Waals surface area contributed by atoms with Gasteiger partial charge in [-0.25, -0.2) is 4.79 Å². The lowest BCUT2D eigenvalue weighted by Crippen LogP contribution is -2.43. The molecule has 140 valence electrons. The van der Waals surface area contributed by atoms with Crippen LogP contribution < -0.4 is 5.32 Å². The molecule has 3 fully saturated rings. The minimum atomic E-state index is -0.243. The van der Waals surface area contributed by atoms with E-state index >= 15 is 0 Å². The van der Waals surface area contributed by atoms with Crippen LogP contribution in [0.4, 0.5) is 4.79 Å². The van der Waals surface area contributed by atoms with E-state index in [0.717, 1.165) is 38.8 Å². The summed E-state index contributed by atoms with van der Waals surface area (Å²) in [5.74, 6) is 1.13. The van der Waals surface area contributed by atoms with Crippen molar-refractivity contribution >= 4 is 24.3 Å². The lowest BCUT2D eigenvalue weighted by molar-refractivity contribution is -0.130. The summed E-state index contributed by atoms with van der Waals surface area (Å²) in [4.78, 5) is 29.6. The van der Waals surface area contributed by atoms with E-state index in [1.165, 1.54) is 0 Å². The zero-order valence-electron chi connectivity index (χ0n) is 15.0. The molecule has 3 amide bonds. The van der Waals surface area contributed by atoms with Crippen molar-refractivity contribution in [1.29, 1.82) is 5.26 Å². The van der Waals surface area contributed by atoms with E-state index in [1.54, 1.807) is 23.9 Å². The quantitative estimate of drug-likeness (QED) is 0.801. The van der Waals surface area contributed by atoms with Gasteiger partial charge in [0.2, 0.25) is 5.91 Å². The molecule has 0 aromatic heterocycles. The summed E-state index contributed by atoms with van der Waals surface area (Å²) in [6, 6.07) is 2.42. The van der Waals surface area contributed by atoms with Crippen LogP contribution in [-0.4, -0.2) is 79.0 Å². The van der Waals surface area contributed by atoms with Crippen LogP contribution in [0.3, 0.4) is 0 Å². The number of hydrogen-bond acceptors (Lipinski definition) is 4. The van der Waals surface area contributed by atoms with Gasteiger partial charge in [-0.2, -0.15) is 5.26 Å². The van der Waals surface area contributed by atoms with Crippen molar-refractivity contribution in [3.05, 3.63) is 0 Å². The number of nitrogens with zero attached hydrogens (tertiary/aromatic N) is 4. The maximum absolute atomic E-state index is 12.3. The van der Waals surface area contributed by atoms with Gasteiger partial charge in [-0.1, -0.05) is 0 Å². The highest BCUT2D eigenvalue weighted by Gasteiger charge is 2.42. The van der Waals surface area contributed by atoms with Crippen LogP contribution in [0.5, 0.6) is 0 Å². The first-order valence-electron chi connectivity index (χ1n) is 8.88. The Labute approximate surface area is 155 Å². The predicted molar refractivity (Wildman–Crippen MR) is 96.3 cm³/mol. The summed E-state index contributed by atoms with van der Waals surface area (Å²) < 4.78 is 0. The van der Waals surface area contributed by atoms with Gasteiger partial charge in [0.15, 0.2) is 0 Å². The normalized spacial score (nSPS) is 30.6. The summed E-state index contributed by atoms with van der Waals surface area (Å²) in [6.45, 7) is 2.69. The van der Waals surface area contributed by atoms with Crippen LogP contribution in [-0.2, 0) is 4.79 Å². The molecule has 0 bridgehead atoms. The molecule has 1 saturated carbocycles. The molecule has 1 aliphatic carbocycles. The van der Waals surface area contributed by atoms with Gasteiger partial charge in [-0.15, -0.1) is 12.4 Å². The molecule has 3 aliphatic rings.